The van der Waals surface area contributed by atoms with Gasteiger partial charge in [0.1, 0.15) is 42.0 Å². The van der Waals surface area contributed by atoms with Crippen LogP contribution in [0.25, 0.3) is 0 Å². The topological polar surface area (TPSA) is 157 Å². The standard InChI is InChI=1S/C23H21FN4O7S/c1-12(29)33-11-19-18(34-13(2)30)8-20(35-19)27-23(32)28-21(31)15-7-14(9-25)22(26-10-15)36-17-5-3-16(24)4-6-17/h3-7,10,18-20H,8,11H2,1-2H3,(H2,27,28,31,32)/t18-,19+,20+/m0/s1. The summed E-state index contributed by atoms with van der Waals surface area (Å²) in [5.41, 5.74) is 0.0528. The molecule has 3 amide bonds. The molecule has 1 aliphatic rings. The van der Waals surface area contributed by atoms with Crippen molar-refractivity contribution in [3.63, 3.8) is 0 Å². The van der Waals surface area contributed by atoms with Gasteiger partial charge < -0.3 is 19.5 Å². The van der Waals surface area contributed by atoms with E-state index in [4.69, 9.17) is 14.2 Å². The predicted molar refractivity (Wildman–Crippen MR) is 121 cm³/mol. The van der Waals surface area contributed by atoms with E-state index >= 15 is 0 Å². The Kier molecular flexibility index (Phi) is 8.93. The Morgan fingerprint density at radius 2 is 1.94 bits per heavy atom. The zero-order valence-corrected chi connectivity index (χ0v) is 20.0. The average molecular weight is 517 g/mol. The maximum absolute atomic E-state index is 13.1. The minimum Gasteiger partial charge on any atom is -0.463 e. The molecule has 1 aromatic carbocycles. The SMILES string of the molecule is CC(=O)OC[C@H]1O[C@@H](NC(=O)NC(=O)c2cnc(Sc3ccc(F)cc3)c(C#N)c2)C[C@@H]1OC(C)=O. The van der Waals surface area contributed by atoms with Crippen LogP contribution in [0, 0.1) is 17.1 Å². The van der Waals surface area contributed by atoms with E-state index in [0.29, 0.717) is 9.92 Å². The number of hydrogen-bond donors (Lipinski definition) is 2. The lowest BCUT2D eigenvalue weighted by molar-refractivity contribution is -0.154. The van der Waals surface area contributed by atoms with E-state index in [9.17, 15) is 28.8 Å². The molecule has 0 aliphatic carbocycles. The molecule has 188 valence electrons. The molecule has 0 unspecified atom stereocenters. The van der Waals surface area contributed by atoms with Gasteiger partial charge in [0, 0.05) is 31.4 Å². The van der Waals surface area contributed by atoms with Crippen molar-refractivity contribution in [1.82, 2.24) is 15.6 Å². The second kappa shape index (κ2) is 12.1. The average Bonchev–Trinajstić information content (AvgIpc) is 3.19. The van der Waals surface area contributed by atoms with E-state index in [0.717, 1.165) is 11.8 Å². The van der Waals surface area contributed by atoms with Crippen molar-refractivity contribution < 1.29 is 37.8 Å². The van der Waals surface area contributed by atoms with Gasteiger partial charge in [0.15, 0.2) is 0 Å². The third-order valence-corrected chi connectivity index (χ3v) is 5.78. The zero-order chi connectivity index (χ0) is 26.2. The number of hydrogen-bond acceptors (Lipinski definition) is 10. The van der Waals surface area contributed by atoms with E-state index < -0.39 is 48.1 Å². The van der Waals surface area contributed by atoms with Crippen molar-refractivity contribution in [3.05, 3.63) is 53.5 Å². The highest BCUT2D eigenvalue weighted by molar-refractivity contribution is 7.99. The van der Waals surface area contributed by atoms with Crippen LogP contribution in [0.2, 0.25) is 0 Å². The van der Waals surface area contributed by atoms with Gasteiger partial charge in [0.2, 0.25) is 0 Å². The molecule has 2 aromatic rings. The molecule has 2 N–H and O–H groups in total. The first-order valence-electron chi connectivity index (χ1n) is 10.6. The van der Waals surface area contributed by atoms with Gasteiger partial charge in [-0.2, -0.15) is 5.26 Å². The maximum atomic E-state index is 13.1. The van der Waals surface area contributed by atoms with Gasteiger partial charge in [0.05, 0.1) is 11.1 Å². The van der Waals surface area contributed by atoms with E-state index in [-0.39, 0.29) is 24.2 Å². The molecule has 3 rings (SSSR count). The first-order valence-corrected chi connectivity index (χ1v) is 11.4. The number of nitrogens with zero attached hydrogens (tertiary/aromatic N) is 2. The third-order valence-electron chi connectivity index (χ3n) is 4.75. The van der Waals surface area contributed by atoms with E-state index in [1.807, 2.05) is 6.07 Å². The van der Waals surface area contributed by atoms with Crippen LogP contribution in [0.3, 0.4) is 0 Å². The Labute approximate surface area is 209 Å². The van der Waals surface area contributed by atoms with Crippen molar-refractivity contribution in [3.8, 4) is 6.07 Å². The molecule has 0 radical (unpaired) electrons. The summed E-state index contributed by atoms with van der Waals surface area (Å²) >= 11 is 1.12. The molecule has 13 heteroatoms. The van der Waals surface area contributed by atoms with Crippen LogP contribution in [0.15, 0.2) is 46.5 Å². The number of urea groups is 1. The smallest absolute Gasteiger partial charge is 0.323 e. The number of esters is 2. The number of carbonyl (C=O) groups excluding carboxylic acids is 4. The van der Waals surface area contributed by atoms with Crippen LogP contribution >= 0.6 is 11.8 Å². The molecule has 1 saturated heterocycles. The molecule has 36 heavy (non-hydrogen) atoms. The van der Waals surface area contributed by atoms with Gasteiger partial charge in [-0.15, -0.1) is 0 Å². The molecule has 1 aromatic heterocycles. The molecule has 2 heterocycles. The summed E-state index contributed by atoms with van der Waals surface area (Å²) in [6.07, 6.45) is -1.22. The molecule has 1 aliphatic heterocycles. The largest absolute Gasteiger partial charge is 0.463 e. The zero-order valence-electron chi connectivity index (χ0n) is 19.1. The highest BCUT2D eigenvalue weighted by atomic mass is 32.2. The summed E-state index contributed by atoms with van der Waals surface area (Å²) in [5.74, 6) is -2.34. The van der Waals surface area contributed by atoms with Crippen LogP contribution in [0.1, 0.15) is 36.2 Å². The number of amides is 3. The number of nitrogens with one attached hydrogen (secondary N) is 2. The summed E-state index contributed by atoms with van der Waals surface area (Å²) in [4.78, 5) is 52.0. The molecule has 0 spiro atoms. The lowest BCUT2D eigenvalue weighted by Crippen LogP contribution is -2.44. The molecule has 0 saturated carbocycles. The third kappa shape index (κ3) is 7.49. The Balaban J connectivity index is 1.60. The van der Waals surface area contributed by atoms with Crippen molar-refractivity contribution in [2.24, 2.45) is 0 Å². The minimum absolute atomic E-state index is 0.0389. The number of benzene rings is 1. The number of rotatable bonds is 7. The number of nitriles is 1. The Morgan fingerprint density at radius 3 is 2.58 bits per heavy atom. The number of halogens is 1. The monoisotopic (exact) mass is 516 g/mol. The Morgan fingerprint density at radius 1 is 1.22 bits per heavy atom. The van der Waals surface area contributed by atoms with Crippen LogP contribution in [0.5, 0.6) is 0 Å². The summed E-state index contributed by atoms with van der Waals surface area (Å²) in [6, 6.07) is 7.93. The normalized spacial score (nSPS) is 18.6. The first kappa shape index (κ1) is 26.6. The van der Waals surface area contributed by atoms with Crippen LogP contribution in [0.4, 0.5) is 9.18 Å². The van der Waals surface area contributed by atoms with Crippen LogP contribution < -0.4 is 10.6 Å². The Bertz CT molecular complexity index is 1200. The lowest BCUT2D eigenvalue weighted by Gasteiger charge is -2.17. The van der Waals surface area contributed by atoms with Crippen molar-refractivity contribution >= 4 is 35.6 Å². The summed E-state index contributed by atoms with van der Waals surface area (Å²) in [5, 5.41) is 14.3. The lowest BCUT2D eigenvalue weighted by atomic mass is 10.2. The Hall–Kier alpha value is -4.02. The summed E-state index contributed by atoms with van der Waals surface area (Å²) in [6.45, 7) is 2.24. The van der Waals surface area contributed by atoms with E-state index in [1.54, 1.807) is 0 Å². The van der Waals surface area contributed by atoms with Crippen molar-refractivity contribution in [1.29, 1.82) is 5.26 Å². The second-order valence-electron chi connectivity index (χ2n) is 7.52. The highest BCUT2D eigenvalue weighted by Gasteiger charge is 2.39. The van der Waals surface area contributed by atoms with Gasteiger partial charge >= 0.3 is 18.0 Å². The fourth-order valence-corrected chi connectivity index (χ4v) is 4.02. The molecule has 3 atom stereocenters. The van der Waals surface area contributed by atoms with Crippen LogP contribution in [-0.4, -0.2) is 53.9 Å². The van der Waals surface area contributed by atoms with E-state index in [1.165, 1.54) is 50.4 Å². The highest BCUT2D eigenvalue weighted by Crippen LogP contribution is 2.29. The number of carbonyl (C=O) groups is 4. The number of imide groups is 1. The van der Waals surface area contributed by atoms with Gasteiger partial charge in [-0.1, -0.05) is 11.8 Å². The molecule has 0 bridgehead atoms. The van der Waals surface area contributed by atoms with Gasteiger partial charge in [-0.3, -0.25) is 19.7 Å². The minimum atomic E-state index is -0.926. The van der Waals surface area contributed by atoms with Crippen molar-refractivity contribution in [2.75, 3.05) is 6.61 Å². The van der Waals surface area contributed by atoms with Gasteiger partial charge in [0.25, 0.3) is 5.91 Å². The van der Waals surface area contributed by atoms with Crippen LogP contribution in [-0.2, 0) is 23.8 Å². The maximum Gasteiger partial charge on any atom is 0.323 e. The molecular weight excluding hydrogens is 495 g/mol. The predicted octanol–water partition coefficient (Wildman–Crippen LogP) is 2.29. The summed E-state index contributed by atoms with van der Waals surface area (Å²) < 4.78 is 28.7. The first-order chi connectivity index (χ1) is 17.1. The fraction of sp³-hybridized carbons (Fsp3) is 0.304. The summed E-state index contributed by atoms with van der Waals surface area (Å²) in [7, 11) is 0. The second-order valence-corrected chi connectivity index (χ2v) is 8.58. The van der Waals surface area contributed by atoms with Gasteiger partial charge in [-0.05, 0) is 30.3 Å². The molecular formula is C23H21FN4O7S. The van der Waals surface area contributed by atoms with Crippen molar-refractivity contribution in [2.45, 2.75) is 48.6 Å². The number of aromatic nitrogens is 1. The molecule has 1 fully saturated rings. The van der Waals surface area contributed by atoms with Gasteiger partial charge in [-0.25, -0.2) is 14.2 Å². The number of ether oxygens (including phenoxy) is 3. The number of pyridine rings is 1. The fourth-order valence-electron chi connectivity index (χ4n) is 3.20. The quantitative estimate of drug-likeness (QED) is 0.523. The van der Waals surface area contributed by atoms with E-state index in [2.05, 4.69) is 15.6 Å². The molecule has 11 nitrogen and oxygen atoms in total.